The lowest BCUT2D eigenvalue weighted by Gasteiger charge is -2.32. The van der Waals surface area contributed by atoms with E-state index in [1.165, 1.54) is 35.9 Å². The lowest BCUT2D eigenvalue weighted by atomic mass is 10.2. The maximum atomic E-state index is 12.9. The number of carbonyl (C=O) groups is 1. The molecule has 0 saturated carbocycles. The quantitative estimate of drug-likeness (QED) is 0.824. The minimum atomic E-state index is -4.56. The Morgan fingerprint density at radius 1 is 1.33 bits per heavy atom. The molecule has 1 heterocycles. The fourth-order valence-electron chi connectivity index (χ4n) is 2.17. The molecule has 0 spiro atoms. The van der Waals surface area contributed by atoms with Crippen LogP contribution in [0.2, 0.25) is 10.2 Å². The van der Waals surface area contributed by atoms with E-state index in [0.717, 1.165) is 17.1 Å². The third-order valence-corrected chi connectivity index (χ3v) is 3.86. The van der Waals surface area contributed by atoms with E-state index >= 15 is 0 Å². The van der Waals surface area contributed by atoms with Crippen LogP contribution in [0.1, 0.15) is 5.56 Å². The normalized spacial score (nSPS) is 11.5. The monoisotopic (exact) mass is 381 g/mol. The third-order valence-electron chi connectivity index (χ3n) is 3.16. The molecule has 0 aliphatic heterocycles. The summed E-state index contributed by atoms with van der Waals surface area (Å²) in [7, 11) is 2.90. The molecule has 2 aromatic rings. The van der Waals surface area contributed by atoms with Crippen molar-refractivity contribution in [2.24, 2.45) is 12.8 Å². The maximum Gasteiger partial charge on any atom is 0.416 e. The van der Waals surface area contributed by atoms with Crippen molar-refractivity contribution in [1.82, 2.24) is 9.78 Å². The zero-order valence-corrected chi connectivity index (χ0v) is 14.0. The predicted octanol–water partition coefficient (Wildman–Crippen LogP) is 3.68. The van der Waals surface area contributed by atoms with Crippen LogP contribution in [0.5, 0.6) is 0 Å². The highest BCUT2D eigenvalue weighted by molar-refractivity contribution is 6.43. The SMILES string of the molecule is CN(c1c(Cl)c(Cl)nn1C)N(C(N)=O)c1cccc(C(F)(F)F)c1. The van der Waals surface area contributed by atoms with E-state index in [1.54, 1.807) is 0 Å². The van der Waals surface area contributed by atoms with Crippen molar-refractivity contribution in [2.45, 2.75) is 6.18 Å². The second-order valence-corrected chi connectivity index (χ2v) is 5.51. The molecule has 6 nitrogen and oxygen atoms in total. The number of amides is 2. The summed E-state index contributed by atoms with van der Waals surface area (Å²) in [6, 6.07) is 3.15. The summed E-state index contributed by atoms with van der Waals surface area (Å²) < 4.78 is 39.9. The van der Waals surface area contributed by atoms with Crippen LogP contribution in [0.15, 0.2) is 24.3 Å². The Morgan fingerprint density at radius 2 is 1.96 bits per heavy atom. The van der Waals surface area contributed by atoms with Gasteiger partial charge in [-0.15, -0.1) is 0 Å². The molecule has 0 aliphatic carbocycles. The Morgan fingerprint density at radius 3 is 2.42 bits per heavy atom. The van der Waals surface area contributed by atoms with Crippen LogP contribution in [0.25, 0.3) is 0 Å². The molecule has 0 radical (unpaired) electrons. The van der Waals surface area contributed by atoms with Gasteiger partial charge in [0.15, 0.2) is 11.0 Å². The highest BCUT2D eigenvalue weighted by atomic mass is 35.5. The van der Waals surface area contributed by atoms with Gasteiger partial charge in [0.05, 0.1) is 11.3 Å². The maximum absolute atomic E-state index is 12.9. The molecule has 1 aromatic heterocycles. The number of urea groups is 1. The topological polar surface area (TPSA) is 67.4 Å². The first-order valence-corrected chi connectivity index (χ1v) is 7.18. The molecule has 0 bridgehead atoms. The molecule has 130 valence electrons. The molecule has 2 rings (SSSR count). The van der Waals surface area contributed by atoms with Crippen LogP contribution in [0, 0.1) is 0 Å². The lowest BCUT2D eigenvalue weighted by Crippen LogP contribution is -2.48. The second-order valence-electron chi connectivity index (χ2n) is 4.77. The molecule has 0 saturated heterocycles. The van der Waals surface area contributed by atoms with Crippen LogP contribution in [0.4, 0.5) is 29.5 Å². The number of rotatable bonds is 3. The zero-order valence-electron chi connectivity index (χ0n) is 12.5. The van der Waals surface area contributed by atoms with Crippen molar-refractivity contribution in [3.05, 3.63) is 40.0 Å². The molecule has 2 N–H and O–H groups in total. The number of benzene rings is 1. The first-order chi connectivity index (χ1) is 11.0. The summed E-state index contributed by atoms with van der Waals surface area (Å²) in [5.41, 5.74) is 4.32. The van der Waals surface area contributed by atoms with Crippen LogP contribution in [-0.2, 0) is 13.2 Å². The van der Waals surface area contributed by atoms with E-state index in [0.29, 0.717) is 0 Å². The number of aryl methyl sites for hydroxylation is 1. The van der Waals surface area contributed by atoms with E-state index in [4.69, 9.17) is 28.9 Å². The fourth-order valence-corrected chi connectivity index (χ4v) is 2.65. The summed E-state index contributed by atoms with van der Waals surface area (Å²) in [6.45, 7) is 0. The number of halogens is 5. The van der Waals surface area contributed by atoms with Gasteiger partial charge in [-0.1, -0.05) is 29.3 Å². The van der Waals surface area contributed by atoms with Crippen molar-refractivity contribution in [3.8, 4) is 0 Å². The van der Waals surface area contributed by atoms with E-state index in [1.807, 2.05) is 0 Å². The summed E-state index contributed by atoms with van der Waals surface area (Å²) in [4.78, 5) is 11.8. The van der Waals surface area contributed by atoms with Gasteiger partial charge in [-0.3, -0.25) is 5.01 Å². The van der Waals surface area contributed by atoms with Gasteiger partial charge in [0.2, 0.25) is 0 Å². The molecule has 0 atom stereocenters. The number of hydrogen-bond acceptors (Lipinski definition) is 3. The summed E-state index contributed by atoms with van der Waals surface area (Å²) in [6.07, 6.45) is -4.56. The summed E-state index contributed by atoms with van der Waals surface area (Å²) in [5.74, 6) is 0.179. The van der Waals surface area contributed by atoms with Gasteiger partial charge in [-0.2, -0.15) is 18.3 Å². The average molecular weight is 382 g/mol. The van der Waals surface area contributed by atoms with Crippen LogP contribution >= 0.6 is 23.2 Å². The van der Waals surface area contributed by atoms with Gasteiger partial charge < -0.3 is 5.73 Å². The molecular formula is C13H12Cl2F3N5O. The van der Waals surface area contributed by atoms with Crippen molar-refractivity contribution in [1.29, 1.82) is 0 Å². The molecule has 1 aromatic carbocycles. The fraction of sp³-hybridized carbons (Fsp3) is 0.231. The number of carbonyl (C=O) groups excluding carboxylic acids is 1. The van der Waals surface area contributed by atoms with Crippen molar-refractivity contribution in [3.63, 3.8) is 0 Å². The number of alkyl halides is 3. The van der Waals surface area contributed by atoms with Crippen LogP contribution in [0.3, 0.4) is 0 Å². The molecular weight excluding hydrogens is 370 g/mol. The van der Waals surface area contributed by atoms with Gasteiger partial charge in [-0.25, -0.2) is 14.5 Å². The van der Waals surface area contributed by atoms with E-state index in [-0.39, 0.29) is 21.7 Å². The molecule has 2 amide bonds. The first kappa shape index (κ1) is 18.2. The van der Waals surface area contributed by atoms with E-state index in [9.17, 15) is 18.0 Å². The van der Waals surface area contributed by atoms with E-state index < -0.39 is 17.8 Å². The Kier molecular flexibility index (Phi) is 4.86. The third kappa shape index (κ3) is 3.36. The number of hydrogen-bond donors (Lipinski definition) is 1. The lowest BCUT2D eigenvalue weighted by molar-refractivity contribution is -0.137. The molecule has 0 fully saturated rings. The van der Waals surface area contributed by atoms with Gasteiger partial charge in [0.25, 0.3) is 0 Å². The van der Waals surface area contributed by atoms with Crippen LogP contribution in [-0.4, -0.2) is 22.9 Å². The largest absolute Gasteiger partial charge is 0.416 e. The summed E-state index contributed by atoms with van der Waals surface area (Å²) in [5, 5.41) is 5.88. The Bertz CT molecular complexity index is 777. The van der Waals surface area contributed by atoms with Crippen LogP contribution < -0.4 is 15.8 Å². The first-order valence-electron chi connectivity index (χ1n) is 6.42. The number of nitrogens with two attached hydrogens (primary N) is 1. The smallest absolute Gasteiger partial charge is 0.350 e. The minimum Gasteiger partial charge on any atom is -0.350 e. The Hall–Kier alpha value is -2.13. The van der Waals surface area contributed by atoms with Gasteiger partial charge in [0.1, 0.15) is 5.02 Å². The number of nitrogens with zero attached hydrogens (tertiary/aromatic N) is 4. The number of primary amides is 1. The highest BCUT2D eigenvalue weighted by Crippen LogP contribution is 2.35. The zero-order chi connectivity index (χ0) is 18.2. The van der Waals surface area contributed by atoms with E-state index in [2.05, 4.69) is 5.10 Å². The minimum absolute atomic E-state index is 0.0190. The molecule has 0 aliphatic rings. The standard InChI is InChI=1S/C13H12Cl2F3N5O/c1-21-11(9(14)10(15)20-21)22(2)23(12(19)24)8-5-3-4-7(6-8)13(16,17)18/h3-6H,1-2H3,(H2,19,24). The highest BCUT2D eigenvalue weighted by Gasteiger charge is 2.32. The number of hydrazine groups is 1. The molecule has 0 unspecified atom stereocenters. The Balaban J connectivity index is 2.53. The van der Waals surface area contributed by atoms with Gasteiger partial charge in [-0.05, 0) is 18.2 Å². The van der Waals surface area contributed by atoms with Crippen molar-refractivity contribution >= 4 is 40.7 Å². The Labute approximate surface area is 145 Å². The number of anilines is 2. The summed E-state index contributed by atoms with van der Waals surface area (Å²) >= 11 is 11.9. The number of aromatic nitrogens is 2. The molecule has 11 heteroatoms. The average Bonchev–Trinajstić information content (AvgIpc) is 2.71. The van der Waals surface area contributed by atoms with Gasteiger partial charge >= 0.3 is 12.2 Å². The van der Waals surface area contributed by atoms with Gasteiger partial charge in [0, 0.05) is 14.1 Å². The molecule has 24 heavy (non-hydrogen) atoms. The van der Waals surface area contributed by atoms with Crippen molar-refractivity contribution in [2.75, 3.05) is 17.1 Å². The predicted molar refractivity (Wildman–Crippen MR) is 85.1 cm³/mol. The second kappa shape index (κ2) is 6.40. The van der Waals surface area contributed by atoms with Crippen molar-refractivity contribution < 1.29 is 18.0 Å².